The van der Waals surface area contributed by atoms with Crippen LogP contribution in [0.1, 0.15) is 26.3 Å². The highest BCUT2D eigenvalue weighted by Gasteiger charge is 2.22. The van der Waals surface area contributed by atoms with Gasteiger partial charge >= 0.3 is 0 Å². The van der Waals surface area contributed by atoms with Crippen LogP contribution in [0.25, 0.3) is 0 Å². The Hall–Kier alpha value is -1.22. The first-order chi connectivity index (χ1) is 8.36. The lowest BCUT2D eigenvalue weighted by Gasteiger charge is -2.27. The summed E-state index contributed by atoms with van der Waals surface area (Å²) in [5.41, 5.74) is 0.0989. The van der Waals surface area contributed by atoms with Crippen molar-refractivity contribution in [1.82, 2.24) is 5.32 Å². The predicted molar refractivity (Wildman–Crippen MR) is 71.5 cm³/mol. The van der Waals surface area contributed by atoms with E-state index in [1.807, 2.05) is 20.8 Å². The van der Waals surface area contributed by atoms with Gasteiger partial charge in [-0.2, -0.15) is 0 Å². The average molecular weight is 253 g/mol. The minimum Gasteiger partial charge on any atom is -0.314 e. The smallest absolute Gasteiger partial charge is 0.126 e. The standard InChI is InChI=1S/C15H21F2N/c1-5-15(4,10-18-11(2)3)9-12-8-13(16)6-7-14(12)17/h5-8,11,18H,1,9-10H2,2-4H3. The Labute approximate surface area is 108 Å². The van der Waals surface area contributed by atoms with Crippen LogP contribution in [0.4, 0.5) is 8.78 Å². The van der Waals surface area contributed by atoms with E-state index in [1.54, 1.807) is 6.08 Å². The molecule has 1 rings (SSSR count). The number of nitrogens with one attached hydrogen (secondary N) is 1. The molecule has 0 heterocycles. The number of rotatable bonds is 6. The van der Waals surface area contributed by atoms with E-state index in [-0.39, 0.29) is 11.2 Å². The van der Waals surface area contributed by atoms with Gasteiger partial charge in [-0.15, -0.1) is 6.58 Å². The number of halogens is 2. The van der Waals surface area contributed by atoms with Crippen molar-refractivity contribution in [1.29, 1.82) is 0 Å². The number of hydrogen-bond acceptors (Lipinski definition) is 1. The fraction of sp³-hybridized carbons (Fsp3) is 0.467. The molecule has 18 heavy (non-hydrogen) atoms. The molecule has 1 aromatic carbocycles. The molecule has 1 N–H and O–H groups in total. The van der Waals surface area contributed by atoms with Gasteiger partial charge in [-0.3, -0.25) is 0 Å². The van der Waals surface area contributed by atoms with E-state index in [4.69, 9.17) is 0 Å². The molecule has 0 bridgehead atoms. The van der Waals surface area contributed by atoms with E-state index in [2.05, 4.69) is 11.9 Å². The second-order valence-electron chi connectivity index (χ2n) is 5.31. The maximum Gasteiger partial charge on any atom is 0.126 e. The first-order valence-electron chi connectivity index (χ1n) is 6.17. The van der Waals surface area contributed by atoms with Gasteiger partial charge in [0.25, 0.3) is 0 Å². The molecule has 0 spiro atoms. The van der Waals surface area contributed by atoms with Gasteiger partial charge in [-0.25, -0.2) is 8.78 Å². The summed E-state index contributed by atoms with van der Waals surface area (Å²) in [5.74, 6) is -0.774. The van der Waals surface area contributed by atoms with Crippen molar-refractivity contribution in [3.63, 3.8) is 0 Å². The van der Waals surface area contributed by atoms with Crippen molar-refractivity contribution in [2.45, 2.75) is 33.2 Å². The summed E-state index contributed by atoms with van der Waals surface area (Å²) in [6.07, 6.45) is 2.23. The molecule has 0 aliphatic carbocycles. The maximum absolute atomic E-state index is 13.6. The number of benzene rings is 1. The second-order valence-corrected chi connectivity index (χ2v) is 5.31. The van der Waals surface area contributed by atoms with Crippen LogP contribution in [0.5, 0.6) is 0 Å². The van der Waals surface area contributed by atoms with Crippen molar-refractivity contribution < 1.29 is 8.78 Å². The fourth-order valence-electron chi connectivity index (χ4n) is 1.76. The number of hydrogen-bond donors (Lipinski definition) is 1. The minimum atomic E-state index is -0.408. The molecule has 0 fully saturated rings. The molecule has 1 atom stereocenters. The van der Waals surface area contributed by atoms with Gasteiger partial charge in [0.1, 0.15) is 11.6 Å². The Kier molecular flexibility index (Phi) is 5.03. The molecule has 3 heteroatoms. The third-order valence-electron chi connectivity index (χ3n) is 3.01. The highest BCUT2D eigenvalue weighted by molar-refractivity contribution is 5.21. The Morgan fingerprint density at radius 2 is 2.06 bits per heavy atom. The molecule has 0 aliphatic heterocycles. The van der Waals surface area contributed by atoms with E-state index < -0.39 is 5.82 Å². The summed E-state index contributed by atoms with van der Waals surface area (Å²) < 4.78 is 26.7. The molecular formula is C15H21F2N. The molecular weight excluding hydrogens is 232 g/mol. The topological polar surface area (TPSA) is 12.0 Å². The molecule has 0 aliphatic rings. The van der Waals surface area contributed by atoms with Crippen molar-refractivity contribution in [3.8, 4) is 0 Å². The van der Waals surface area contributed by atoms with E-state index in [0.717, 1.165) is 6.07 Å². The first kappa shape index (κ1) is 14.8. The summed E-state index contributed by atoms with van der Waals surface area (Å²) in [6.45, 7) is 10.6. The maximum atomic E-state index is 13.6. The Morgan fingerprint density at radius 1 is 1.39 bits per heavy atom. The quantitative estimate of drug-likeness (QED) is 0.762. The van der Waals surface area contributed by atoms with E-state index in [1.165, 1.54) is 12.1 Å². The van der Waals surface area contributed by atoms with Crippen molar-refractivity contribution in [2.75, 3.05) is 6.54 Å². The van der Waals surface area contributed by atoms with Gasteiger partial charge < -0.3 is 5.32 Å². The molecule has 0 saturated carbocycles. The summed E-state index contributed by atoms with van der Waals surface area (Å²) in [5, 5.41) is 3.30. The van der Waals surface area contributed by atoms with E-state index in [0.29, 0.717) is 24.6 Å². The molecule has 0 amide bonds. The second kappa shape index (κ2) is 6.10. The summed E-state index contributed by atoms with van der Waals surface area (Å²) in [7, 11) is 0. The van der Waals surface area contributed by atoms with Gasteiger partial charge in [-0.05, 0) is 30.2 Å². The van der Waals surface area contributed by atoms with Crippen molar-refractivity contribution >= 4 is 0 Å². The van der Waals surface area contributed by atoms with Crippen molar-refractivity contribution in [2.24, 2.45) is 5.41 Å². The third kappa shape index (κ3) is 4.22. The van der Waals surface area contributed by atoms with Gasteiger partial charge in [0.2, 0.25) is 0 Å². The minimum absolute atomic E-state index is 0.293. The summed E-state index contributed by atoms with van der Waals surface area (Å²) >= 11 is 0. The highest BCUT2D eigenvalue weighted by atomic mass is 19.1. The van der Waals surface area contributed by atoms with Crippen LogP contribution in [-0.4, -0.2) is 12.6 Å². The monoisotopic (exact) mass is 253 g/mol. The molecule has 0 radical (unpaired) electrons. The lowest BCUT2D eigenvalue weighted by atomic mass is 9.83. The summed E-state index contributed by atoms with van der Waals surface area (Å²) in [6, 6.07) is 3.91. The van der Waals surface area contributed by atoms with E-state index >= 15 is 0 Å². The summed E-state index contributed by atoms with van der Waals surface area (Å²) in [4.78, 5) is 0. The average Bonchev–Trinajstić information content (AvgIpc) is 2.31. The van der Waals surface area contributed by atoms with Crippen LogP contribution < -0.4 is 5.32 Å². The Morgan fingerprint density at radius 3 is 2.61 bits per heavy atom. The molecule has 0 saturated heterocycles. The lowest BCUT2D eigenvalue weighted by molar-refractivity contribution is 0.367. The van der Waals surface area contributed by atoms with Gasteiger partial charge in [0, 0.05) is 18.0 Å². The zero-order valence-electron chi connectivity index (χ0n) is 11.3. The molecule has 100 valence electrons. The zero-order chi connectivity index (χ0) is 13.8. The van der Waals surface area contributed by atoms with Crippen LogP contribution in [0.2, 0.25) is 0 Å². The van der Waals surface area contributed by atoms with Crippen LogP contribution in [0.15, 0.2) is 30.9 Å². The molecule has 1 aromatic rings. The van der Waals surface area contributed by atoms with Crippen molar-refractivity contribution in [3.05, 3.63) is 48.1 Å². The lowest BCUT2D eigenvalue weighted by Crippen LogP contribution is -2.36. The zero-order valence-corrected chi connectivity index (χ0v) is 11.3. The van der Waals surface area contributed by atoms with Gasteiger partial charge in [0.05, 0.1) is 0 Å². The molecule has 0 aromatic heterocycles. The van der Waals surface area contributed by atoms with Crippen LogP contribution >= 0.6 is 0 Å². The van der Waals surface area contributed by atoms with Crippen LogP contribution in [0.3, 0.4) is 0 Å². The SMILES string of the molecule is C=CC(C)(CNC(C)C)Cc1cc(F)ccc1F. The Bertz CT molecular complexity index is 415. The van der Waals surface area contributed by atoms with Gasteiger partial charge in [-0.1, -0.05) is 26.8 Å². The normalized spacial score (nSPS) is 14.6. The van der Waals surface area contributed by atoms with E-state index in [9.17, 15) is 8.78 Å². The predicted octanol–water partition coefficient (Wildman–Crippen LogP) is 3.70. The first-order valence-corrected chi connectivity index (χ1v) is 6.17. The molecule has 1 nitrogen and oxygen atoms in total. The van der Waals surface area contributed by atoms with Crippen LogP contribution in [0, 0.1) is 17.0 Å². The van der Waals surface area contributed by atoms with Gasteiger partial charge in [0.15, 0.2) is 0 Å². The highest BCUT2D eigenvalue weighted by Crippen LogP contribution is 2.25. The molecule has 1 unspecified atom stereocenters. The fourth-order valence-corrected chi connectivity index (χ4v) is 1.76. The Balaban J connectivity index is 2.84. The largest absolute Gasteiger partial charge is 0.314 e. The third-order valence-corrected chi connectivity index (χ3v) is 3.01. The van der Waals surface area contributed by atoms with Crippen LogP contribution in [-0.2, 0) is 6.42 Å².